The van der Waals surface area contributed by atoms with Crippen molar-refractivity contribution in [1.82, 2.24) is 0 Å². The number of carbonyl (C=O) groups is 1. The number of nitriles is 1. The number of nitro benzene ring substituents is 1. The molecule has 6 nitrogen and oxygen atoms in total. The molecular weight excluding hydrogens is 337 g/mol. The number of nitro groups is 1. The Hall–Kier alpha value is -3.24. The molecule has 2 rings (SSSR count). The van der Waals surface area contributed by atoms with Gasteiger partial charge < -0.3 is 5.32 Å². The standard InChI is InChI=1S/C16H9ClFN3O3/c17-14-8-13(21(23)24)5-6-15(14)20-16(22)11(9-19)7-10-1-3-12(18)4-2-10/h1-8H,(H,20,22). The van der Waals surface area contributed by atoms with E-state index in [1.807, 2.05) is 0 Å². The first-order valence-corrected chi connectivity index (χ1v) is 6.91. The van der Waals surface area contributed by atoms with Crippen molar-refractivity contribution in [2.45, 2.75) is 0 Å². The van der Waals surface area contributed by atoms with Crippen LogP contribution in [0.3, 0.4) is 0 Å². The molecule has 0 aromatic heterocycles. The van der Waals surface area contributed by atoms with Gasteiger partial charge in [0.05, 0.1) is 15.6 Å². The van der Waals surface area contributed by atoms with E-state index in [1.165, 1.54) is 42.5 Å². The van der Waals surface area contributed by atoms with E-state index in [1.54, 1.807) is 6.07 Å². The van der Waals surface area contributed by atoms with Crippen LogP contribution < -0.4 is 5.32 Å². The van der Waals surface area contributed by atoms with Crippen molar-refractivity contribution < 1.29 is 14.1 Å². The number of hydrogen-bond acceptors (Lipinski definition) is 4. The summed E-state index contributed by atoms with van der Waals surface area (Å²) in [6, 6.07) is 10.5. The average Bonchev–Trinajstić information content (AvgIpc) is 2.55. The summed E-state index contributed by atoms with van der Waals surface area (Å²) in [6.07, 6.45) is 1.29. The highest BCUT2D eigenvalue weighted by Crippen LogP contribution is 2.27. The minimum atomic E-state index is -0.738. The molecule has 24 heavy (non-hydrogen) atoms. The molecule has 0 atom stereocenters. The van der Waals surface area contributed by atoms with Crippen molar-refractivity contribution in [3.8, 4) is 6.07 Å². The van der Waals surface area contributed by atoms with E-state index in [-0.39, 0.29) is 22.0 Å². The van der Waals surface area contributed by atoms with Gasteiger partial charge >= 0.3 is 0 Å². The number of halogens is 2. The summed E-state index contributed by atoms with van der Waals surface area (Å²) in [4.78, 5) is 22.1. The van der Waals surface area contributed by atoms with Gasteiger partial charge in [0.25, 0.3) is 11.6 Å². The van der Waals surface area contributed by atoms with Crippen LogP contribution in [0.2, 0.25) is 5.02 Å². The molecular formula is C16H9ClFN3O3. The van der Waals surface area contributed by atoms with Crippen LogP contribution in [0, 0.1) is 27.3 Å². The van der Waals surface area contributed by atoms with E-state index in [2.05, 4.69) is 5.32 Å². The lowest BCUT2D eigenvalue weighted by atomic mass is 10.1. The predicted molar refractivity (Wildman–Crippen MR) is 86.7 cm³/mol. The van der Waals surface area contributed by atoms with Gasteiger partial charge in [0.2, 0.25) is 0 Å². The fourth-order valence-electron chi connectivity index (χ4n) is 1.78. The number of nitrogens with one attached hydrogen (secondary N) is 1. The van der Waals surface area contributed by atoms with Gasteiger partial charge in [-0.25, -0.2) is 4.39 Å². The number of non-ortho nitro benzene ring substituents is 1. The van der Waals surface area contributed by atoms with Crippen LogP contribution in [0.1, 0.15) is 5.56 Å². The molecule has 0 fully saturated rings. The number of carbonyl (C=O) groups excluding carboxylic acids is 1. The SMILES string of the molecule is N#CC(=Cc1ccc(F)cc1)C(=O)Nc1ccc([N+](=O)[O-])cc1Cl. The lowest BCUT2D eigenvalue weighted by Gasteiger charge is -2.06. The Bertz CT molecular complexity index is 873. The van der Waals surface area contributed by atoms with E-state index in [0.29, 0.717) is 5.56 Å². The number of hydrogen-bond donors (Lipinski definition) is 1. The normalized spacial score (nSPS) is 10.8. The summed E-state index contributed by atoms with van der Waals surface area (Å²) in [6.45, 7) is 0. The van der Waals surface area contributed by atoms with Crippen LogP contribution in [-0.2, 0) is 4.79 Å². The highest BCUT2D eigenvalue weighted by Gasteiger charge is 2.14. The van der Waals surface area contributed by atoms with Crippen molar-refractivity contribution in [2.75, 3.05) is 5.32 Å². The summed E-state index contributed by atoms with van der Waals surface area (Å²) in [5, 5.41) is 22.1. The molecule has 0 aliphatic heterocycles. The second-order valence-electron chi connectivity index (χ2n) is 4.60. The Morgan fingerprint density at radius 2 is 1.96 bits per heavy atom. The number of anilines is 1. The molecule has 1 amide bonds. The zero-order valence-corrected chi connectivity index (χ0v) is 12.7. The van der Waals surface area contributed by atoms with Crippen LogP contribution in [0.25, 0.3) is 6.08 Å². The van der Waals surface area contributed by atoms with Crippen LogP contribution in [-0.4, -0.2) is 10.8 Å². The number of nitrogens with zero attached hydrogens (tertiary/aromatic N) is 2. The molecule has 8 heteroatoms. The van der Waals surface area contributed by atoms with Crippen molar-refractivity contribution in [3.05, 3.63) is 74.6 Å². The Balaban J connectivity index is 2.22. The molecule has 2 aromatic carbocycles. The van der Waals surface area contributed by atoms with Gasteiger partial charge in [-0.2, -0.15) is 5.26 Å². The lowest BCUT2D eigenvalue weighted by Crippen LogP contribution is -2.13. The maximum absolute atomic E-state index is 12.9. The second-order valence-corrected chi connectivity index (χ2v) is 5.00. The third-order valence-electron chi connectivity index (χ3n) is 2.96. The minimum Gasteiger partial charge on any atom is -0.320 e. The van der Waals surface area contributed by atoms with E-state index in [9.17, 15) is 19.3 Å². The average molecular weight is 346 g/mol. The first kappa shape index (κ1) is 17.1. The molecule has 1 N–H and O–H groups in total. The zero-order chi connectivity index (χ0) is 17.7. The van der Waals surface area contributed by atoms with Crippen molar-refractivity contribution in [2.24, 2.45) is 0 Å². The van der Waals surface area contributed by atoms with Crippen molar-refractivity contribution >= 4 is 35.0 Å². The first-order valence-electron chi connectivity index (χ1n) is 6.53. The smallest absolute Gasteiger partial charge is 0.271 e. The molecule has 0 saturated carbocycles. The van der Waals surface area contributed by atoms with Gasteiger partial charge in [-0.15, -0.1) is 0 Å². The Morgan fingerprint density at radius 3 is 2.50 bits per heavy atom. The highest BCUT2D eigenvalue weighted by molar-refractivity contribution is 6.34. The van der Waals surface area contributed by atoms with Gasteiger partial charge in [0.15, 0.2) is 0 Å². The first-order chi connectivity index (χ1) is 11.4. The molecule has 0 heterocycles. The molecule has 0 unspecified atom stereocenters. The van der Waals surface area contributed by atoms with Gasteiger partial charge in [0, 0.05) is 12.1 Å². The van der Waals surface area contributed by atoms with E-state index in [4.69, 9.17) is 16.9 Å². The highest BCUT2D eigenvalue weighted by atomic mass is 35.5. The van der Waals surface area contributed by atoms with Crippen LogP contribution >= 0.6 is 11.6 Å². The number of rotatable bonds is 4. The Kier molecular flexibility index (Phi) is 5.24. The van der Waals surface area contributed by atoms with Crippen LogP contribution in [0.5, 0.6) is 0 Å². The third-order valence-corrected chi connectivity index (χ3v) is 3.27. The minimum absolute atomic E-state index is 0.0309. The predicted octanol–water partition coefficient (Wildman–Crippen LogP) is 3.93. The molecule has 0 aliphatic carbocycles. The largest absolute Gasteiger partial charge is 0.320 e. The third kappa shape index (κ3) is 4.15. The molecule has 0 saturated heterocycles. The van der Waals surface area contributed by atoms with E-state index < -0.39 is 16.6 Å². The topological polar surface area (TPSA) is 96.0 Å². The molecule has 120 valence electrons. The zero-order valence-electron chi connectivity index (χ0n) is 12.0. The monoisotopic (exact) mass is 345 g/mol. The fourth-order valence-corrected chi connectivity index (χ4v) is 2.00. The molecule has 0 bridgehead atoms. The summed E-state index contributed by atoms with van der Waals surface area (Å²) in [5.41, 5.74) is 0.154. The van der Waals surface area contributed by atoms with E-state index in [0.717, 1.165) is 6.07 Å². The molecule has 2 aromatic rings. The van der Waals surface area contributed by atoms with Crippen molar-refractivity contribution in [3.63, 3.8) is 0 Å². The number of benzene rings is 2. The summed E-state index contributed by atoms with van der Waals surface area (Å²) >= 11 is 5.88. The Morgan fingerprint density at radius 1 is 1.29 bits per heavy atom. The van der Waals surface area contributed by atoms with Crippen LogP contribution in [0.4, 0.5) is 15.8 Å². The van der Waals surface area contributed by atoms with Gasteiger partial charge in [0.1, 0.15) is 17.5 Å². The summed E-state index contributed by atoms with van der Waals surface area (Å²) in [7, 11) is 0. The summed E-state index contributed by atoms with van der Waals surface area (Å²) < 4.78 is 12.9. The van der Waals surface area contributed by atoms with Gasteiger partial charge in [-0.05, 0) is 29.8 Å². The fraction of sp³-hybridized carbons (Fsp3) is 0. The Labute approximate surface area is 140 Å². The van der Waals surface area contributed by atoms with Crippen molar-refractivity contribution in [1.29, 1.82) is 5.26 Å². The molecule has 0 spiro atoms. The summed E-state index contributed by atoms with van der Waals surface area (Å²) in [5.74, 6) is -1.18. The second kappa shape index (κ2) is 7.35. The quantitative estimate of drug-likeness (QED) is 0.393. The maximum atomic E-state index is 12.9. The van der Waals surface area contributed by atoms with Gasteiger partial charge in [-0.3, -0.25) is 14.9 Å². The van der Waals surface area contributed by atoms with Gasteiger partial charge in [-0.1, -0.05) is 23.7 Å². The lowest BCUT2D eigenvalue weighted by molar-refractivity contribution is -0.384. The molecule has 0 radical (unpaired) electrons. The molecule has 0 aliphatic rings. The number of amides is 1. The van der Waals surface area contributed by atoms with E-state index >= 15 is 0 Å². The maximum Gasteiger partial charge on any atom is 0.271 e. The van der Waals surface area contributed by atoms with Crippen LogP contribution in [0.15, 0.2) is 48.0 Å².